The number of halogens is 4. The van der Waals surface area contributed by atoms with Gasteiger partial charge in [-0.05, 0) is 60.2 Å². The lowest BCUT2D eigenvalue weighted by Gasteiger charge is -2.36. The molecule has 0 spiro atoms. The molecule has 0 aromatic heterocycles. The number of benzene rings is 3. The molecule has 4 rings (SSSR count). The van der Waals surface area contributed by atoms with Crippen molar-refractivity contribution < 1.29 is 22.8 Å². The lowest BCUT2D eigenvalue weighted by atomic mass is 9.88. The van der Waals surface area contributed by atoms with Gasteiger partial charge in [0, 0.05) is 28.7 Å². The van der Waals surface area contributed by atoms with Crippen molar-refractivity contribution in [2.75, 3.05) is 0 Å². The zero-order valence-electron chi connectivity index (χ0n) is 21.4. The molecule has 0 bridgehead atoms. The minimum Gasteiger partial charge on any atom is -0.349 e. The quantitative estimate of drug-likeness (QED) is 0.235. The highest BCUT2D eigenvalue weighted by Crippen LogP contribution is 2.54. The Morgan fingerprint density at radius 1 is 1.08 bits per heavy atom. The van der Waals surface area contributed by atoms with Gasteiger partial charge in [0.05, 0.1) is 6.04 Å². The van der Waals surface area contributed by atoms with Gasteiger partial charge in [0.15, 0.2) is 5.78 Å². The van der Waals surface area contributed by atoms with E-state index in [-0.39, 0.29) is 39.8 Å². The molecule has 1 N–H and O–H groups in total. The fraction of sp³-hybridized carbons (Fsp3) is 0.290. The van der Waals surface area contributed by atoms with Gasteiger partial charge in [-0.3, -0.25) is 9.59 Å². The third-order valence-electron chi connectivity index (χ3n) is 6.86. The van der Waals surface area contributed by atoms with Crippen LogP contribution in [0, 0.1) is 5.92 Å². The number of carbonyl (C=O) groups is 2. The van der Waals surface area contributed by atoms with E-state index in [4.69, 9.17) is 11.6 Å². The summed E-state index contributed by atoms with van der Waals surface area (Å²) >= 11 is 6.89. The Kier molecular flexibility index (Phi) is 8.92. The number of hydrogen-bond acceptors (Lipinski definition) is 3. The van der Waals surface area contributed by atoms with Gasteiger partial charge in [0.25, 0.3) is 0 Å². The molecule has 3 aromatic rings. The zero-order chi connectivity index (χ0) is 28.2. The number of alkyl halides is 3. The maximum absolute atomic E-state index is 15.1. The molecule has 1 aliphatic carbocycles. The minimum atomic E-state index is -4.77. The Bertz CT molecular complexity index is 1340. The zero-order valence-corrected chi connectivity index (χ0v) is 23.0. The molecule has 3 nitrogen and oxygen atoms in total. The molecule has 0 radical (unpaired) electrons. The summed E-state index contributed by atoms with van der Waals surface area (Å²) in [5.74, 6) is -0.547. The fourth-order valence-corrected chi connectivity index (χ4v) is 5.90. The first-order chi connectivity index (χ1) is 18.5. The van der Waals surface area contributed by atoms with Crippen molar-refractivity contribution in [2.24, 2.45) is 5.92 Å². The number of Topliss-reactive ketones (excluding diaryl/α,β-unsaturated/α-hetero) is 1. The third-order valence-corrected chi connectivity index (χ3v) is 8.66. The Morgan fingerprint density at radius 3 is 2.33 bits per heavy atom. The first kappa shape index (κ1) is 29.0. The van der Waals surface area contributed by atoms with Crippen molar-refractivity contribution in [1.82, 2.24) is 5.32 Å². The predicted octanol–water partition coefficient (Wildman–Crippen LogP) is 8.53. The van der Waals surface area contributed by atoms with Gasteiger partial charge in [0.1, 0.15) is 4.75 Å². The van der Waals surface area contributed by atoms with Crippen molar-refractivity contribution >= 4 is 41.1 Å². The van der Waals surface area contributed by atoms with Gasteiger partial charge in [-0.1, -0.05) is 78.9 Å². The van der Waals surface area contributed by atoms with Crippen LogP contribution in [0.1, 0.15) is 64.8 Å². The van der Waals surface area contributed by atoms with Crippen molar-refractivity contribution in [3.05, 3.63) is 112 Å². The van der Waals surface area contributed by atoms with Crippen LogP contribution in [0.15, 0.2) is 79.4 Å². The summed E-state index contributed by atoms with van der Waals surface area (Å²) in [4.78, 5) is 25.5. The number of rotatable bonds is 11. The van der Waals surface area contributed by atoms with Crippen LogP contribution in [-0.4, -0.2) is 17.9 Å². The molecule has 3 aromatic carbocycles. The highest BCUT2D eigenvalue weighted by molar-refractivity contribution is 7.99. The highest BCUT2D eigenvalue weighted by atomic mass is 35.5. The van der Waals surface area contributed by atoms with Gasteiger partial charge in [-0.2, -0.15) is 13.2 Å². The summed E-state index contributed by atoms with van der Waals surface area (Å²) in [6, 6.07) is 19.2. The van der Waals surface area contributed by atoms with Crippen LogP contribution >= 0.6 is 23.4 Å². The van der Waals surface area contributed by atoms with Crippen LogP contribution in [0.4, 0.5) is 13.2 Å². The number of hydrogen-bond donors (Lipinski definition) is 1. The summed E-state index contributed by atoms with van der Waals surface area (Å²) < 4.78 is 42.7. The third kappa shape index (κ3) is 6.95. The molecular formula is C31H29ClF3NO2S. The standard InChI is InChI=1S/C31H29ClF3NO2S/c1-3-21-15-26(17-27(32)16-21)30(31(33,34)35,39-19-22-7-5-4-6-8-22)18-28(37)24-11-9-23(10-12-24)20(2)36-29(38)25-13-14-25/h3-12,15-17,20,25H,1,13-14,18-19H2,2H3,(H,36,38). The Morgan fingerprint density at radius 2 is 1.74 bits per heavy atom. The van der Waals surface area contributed by atoms with E-state index in [1.54, 1.807) is 42.5 Å². The highest BCUT2D eigenvalue weighted by Gasteiger charge is 2.57. The average Bonchev–Trinajstić information content (AvgIpc) is 3.76. The van der Waals surface area contributed by atoms with Gasteiger partial charge >= 0.3 is 6.18 Å². The maximum atomic E-state index is 15.1. The van der Waals surface area contributed by atoms with E-state index < -0.39 is 23.1 Å². The predicted molar refractivity (Wildman–Crippen MR) is 152 cm³/mol. The van der Waals surface area contributed by atoms with E-state index in [0.717, 1.165) is 18.4 Å². The fourth-order valence-electron chi connectivity index (χ4n) is 4.37. The first-order valence-electron chi connectivity index (χ1n) is 12.6. The van der Waals surface area contributed by atoms with Crippen LogP contribution in [0.25, 0.3) is 6.08 Å². The van der Waals surface area contributed by atoms with Gasteiger partial charge < -0.3 is 5.32 Å². The summed E-state index contributed by atoms with van der Waals surface area (Å²) in [6.07, 6.45) is -2.38. The molecule has 1 saturated carbocycles. The Labute approximate surface area is 235 Å². The Hall–Kier alpha value is -3.03. The summed E-state index contributed by atoms with van der Waals surface area (Å²) in [5, 5.41) is 3.07. The van der Waals surface area contributed by atoms with E-state index in [1.165, 1.54) is 36.4 Å². The van der Waals surface area contributed by atoms with Crippen molar-refractivity contribution in [1.29, 1.82) is 0 Å². The molecule has 0 saturated heterocycles. The van der Waals surface area contributed by atoms with Gasteiger partial charge in [0.2, 0.25) is 5.91 Å². The normalized spacial score (nSPS) is 15.7. The van der Waals surface area contributed by atoms with E-state index >= 15 is 13.2 Å². The minimum absolute atomic E-state index is 0.00605. The van der Waals surface area contributed by atoms with Crippen LogP contribution in [0.5, 0.6) is 0 Å². The van der Waals surface area contributed by atoms with Crippen LogP contribution in [0.2, 0.25) is 5.02 Å². The lowest BCUT2D eigenvalue weighted by molar-refractivity contribution is -0.161. The average molecular weight is 572 g/mol. The molecule has 1 amide bonds. The van der Waals surface area contributed by atoms with E-state index in [2.05, 4.69) is 11.9 Å². The van der Waals surface area contributed by atoms with E-state index in [1.807, 2.05) is 6.92 Å². The molecule has 1 aliphatic rings. The lowest BCUT2D eigenvalue weighted by Crippen LogP contribution is -2.41. The second kappa shape index (κ2) is 12.0. The van der Waals surface area contributed by atoms with Crippen LogP contribution < -0.4 is 5.32 Å². The molecule has 1 fully saturated rings. The second-order valence-corrected chi connectivity index (χ2v) is 11.5. The Balaban J connectivity index is 1.65. The van der Waals surface area contributed by atoms with Crippen molar-refractivity contribution in [3.63, 3.8) is 0 Å². The number of carbonyl (C=O) groups excluding carboxylic acids is 2. The maximum Gasteiger partial charge on any atom is 0.407 e. The number of amides is 1. The van der Waals surface area contributed by atoms with Crippen molar-refractivity contribution in [2.45, 2.75) is 48.9 Å². The molecule has 0 aliphatic heterocycles. The summed E-state index contributed by atoms with van der Waals surface area (Å²) in [6.45, 7) is 5.51. The smallest absolute Gasteiger partial charge is 0.349 e. The molecule has 2 atom stereocenters. The SMILES string of the molecule is C=Cc1cc(Cl)cc(C(CC(=O)c2ccc(C(C)NC(=O)C3CC3)cc2)(SCc2ccccc2)C(F)(F)F)c1. The van der Waals surface area contributed by atoms with Crippen LogP contribution in [-0.2, 0) is 15.3 Å². The van der Waals surface area contributed by atoms with Crippen LogP contribution in [0.3, 0.4) is 0 Å². The van der Waals surface area contributed by atoms with Gasteiger partial charge in [-0.25, -0.2) is 0 Å². The summed E-state index contributed by atoms with van der Waals surface area (Å²) in [5.41, 5.74) is 1.98. The molecular weight excluding hydrogens is 543 g/mol. The topological polar surface area (TPSA) is 46.2 Å². The monoisotopic (exact) mass is 571 g/mol. The molecule has 0 heterocycles. The van der Waals surface area contributed by atoms with Crippen molar-refractivity contribution in [3.8, 4) is 0 Å². The molecule has 39 heavy (non-hydrogen) atoms. The largest absolute Gasteiger partial charge is 0.407 e. The van der Waals surface area contributed by atoms with Gasteiger partial charge in [-0.15, -0.1) is 11.8 Å². The van der Waals surface area contributed by atoms with E-state index in [9.17, 15) is 9.59 Å². The van der Waals surface area contributed by atoms with E-state index in [0.29, 0.717) is 22.9 Å². The number of ketones is 1. The molecule has 8 heteroatoms. The number of thioether (sulfide) groups is 1. The summed E-state index contributed by atoms with van der Waals surface area (Å²) in [7, 11) is 0. The molecule has 2 unspecified atom stereocenters. The molecule has 204 valence electrons. The number of nitrogens with one attached hydrogen (secondary N) is 1. The second-order valence-electron chi connectivity index (χ2n) is 9.80. The first-order valence-corrected chi connectivity index (χ1v) is 14.0.